The van der Waals surface area contributed by atoms with Crippen LogP contribution in [0.3, 0.4) is 0 Å². The molecule has 1 saturated heterocycles. The maximum Gasteiger partial charge on any atom is 0.0900 e. The molecule has 0 aromatic heterocycles. The second-order valence-electron chi connectivity index (χ2n) is 7.02. The molecule has 2 rings (SSSR count). The number of ether oxygens (including phenoxy) is 2. The third-order valence-corrected chi connectivity index (χ3v) is 3.71. The number of rotatable bonds is 6. The fourth-order valence-electron chi connectivity index (χ4n) is 2.64. The maximum absolute atomic E-state index is 10.1. The lowest BCUT2D eigenvalue weighted by Crippen LogP contribution is -2.47. The lowest BCUT2D eigenvalue weighted by Gasteiger charge is -2.34. The summed E-state index contributed by atoms with van der Waals surface area (Å²) >= 11 is 0. The number of β-amino-alcohol motifs (C(OH)–C–C–N with tert-alkyl or cyclic N) is 1. The smallest absolute Gasteiger partial charge is 0.0900 e. The predicted octanol–water partition coefficient (Wildman–Crippen LogP) is 2.11. The van der Waals surface area contributed by atoms with E-state index in [1.807, 2.05) is 26.8 Å². The number of nitrogens with zero attached hydrogens (tertiary/aromatic N) is 1. The first-order valence-corrected chi connectivity index (χ1v) is 8.12. The van der Waals surface area contributed by atoms with Crippen LogP contribution in [0.5, 0.6) is 0 Å². The molecule has 1 aliphatic heterocycles. The minimum atomic E-state index is -0.449. The quantitative estimate of drug-likeness (QED) is 0.874. The molecule has 4 heteroatoms. The van der Waals surface area contributed by atoms with Crippen LogP contribution in [0.1, 0.15) is 26.3 Å². The molecule has 0 amide bonds. The summed E-state index contributed by atoms with van der Waals surface area (Å²) in [5.41, 5.74) is 1.09. The standard InChI is InChI=1S/C18H29NO3/c1-18(2,3)22-14-16(20)12-19-9-10-21-17(13-19)11-15-7-5-4-6-8-15/h4-8,16-17,20H,9-14H2,1-3H3. The molecule has 2 atom stereocenters. The lowest BCUT2D eigenvalue weighted by molar-refractivity contribution is -0.0747. The fraction of sp³-hybridized carbons (Fsp3) is 0.667. The second kappa shape index (κ2) is 8.06. The van der Waals surface area contributed by atoms with Gasteiger partial charge < -0.3 is 14.6 Å². The minimum Gasteiger partial charge on any atom is -0.389 e. The van der Waals surface area contributed by atoms with Gasteiger partial charge in [-0.15, -0.1) is 0 Å². The molecule has 0 radical (unpaired) electrons. The number of hydrogen-bond donors (Lipinski definition) is 1. The Bertz CT molecular complexity index is 430. The molecule has 4 nitrogen and oxygen atoms in total. The molecule has 1 heterocycles. The average Bonchev–Trinajstić information content (AvgIpc) is 2.46. The van der Waals surface area contributed by atoms with Gasteiger partial charge in [-0.2, -0.15) is 0 Å². The molecule has 0 spiro atoms. The monoisotopic (exact) mass is 307 g/mol. The van der Waals surface area contributed by atoms with Crippen molar-refractivity contribution >= 4 is 0 Å². The van der Waals surface area contributed by atoms with Crippen molar-refractivity contribution in [1.29, 1.82) is 0 Å². The zero-order valence-electron chi connectivity index (χ0n) is 14.0. The molecule has 1 N–H and O–H groups in total. The van der Waals surface area contributed by atoms with E-state index in [9.17, 15) is 5.11 Å². The van der Waals surface area contributed by atoms with Crippen molar-refractivity contribution in [2.45, 2.75) is 45.0 Å². The number of morpholine rings is 1. The molecule has 2 unspecified atom stereocenters. The second-order valence-corrected chi connectivity index (χ2v) is 7.02. The zero-order chi connectivity index (χ0) is 16.0. The summed E-state index contributed by atoms with van der Waals surface area (Å²) in [6.07, 6.45) is 0.674. The van der Waals surface area contributed by atoms with Gasteiger partial charge in [0.25, 0.3) is 0 Å². The summed E-state index contributed by atoms with van der Waals surface area (Å²) in [7, 11) is 0. The summed E-state index contributed by atoms with van der Waals surface area (Å²) in [6.45, 7) is 9.50. The van der Waals surface area contributed by atoms with E-state index in [0.29, 0.717) is 13.2 Å². The average molecular weight is 307 g/mol. The van der Waals surface area contributed by atoms with Crippen molar-refractivity contribution < 1.29 is 14.6 Å². The van der Waals surface area contributed by atoms with E-state index < -0.39 is 6.10 Å². The zero-order valence-corrected chi connectivity index (χ0v) is 14.0. The van der Waals surface area contributed by atoms with E-state index in [2.05, 4.69) is 29.2 Å². The van der Waals surface area contributed by atoms with Gasteiger partial charge in [0.15, 0.2) is 0 Å². The van der Waals surface area contributed by atoms with Crippen LogP contribution in [0.15, 0.2) is 30.3 Å². The molecule has 124 valence electrons. The van der Waals surface area contributed by atoms with Crippen molar-refractivity contribution in [3.63, 3.8) is 0 Å². The highest BCUT2D eigenvalue weighted by molar-refractivity contribution is 5.15. The van der Waals surface area contributed by atoms with Gasteiger partial charge in [0.1, 0.15) is 0 Å². The Morgan fingerprint density at radius 3 is 2.73 bits per heavy atom. The molecule has 1 aliphatic rings. The van der Waals surface area contributed by atoms with Crippen molar-refractivity contribution in [1.82, 2.24) is 4.90 Å². The number of aliphatic hydroxyl groups is 1. The van der Waals surface area contributed by atoms with Crippen LogP contribution < -0.4 is 0 Å². The van der Waals surface area contributed by atoms with Crippen molar-refractivity contribution in [2.75, 3.05) is 32.8 Å². The summed E-state index contributed by atoms with van der Waals surface area (Å²) < 4.78 is 11.5. The number of benzene rings is 1. The maximum atomic E-state index is 10.1. The Morgan fingerprint density at radius 1 is 1.32 bits per heavy atom. The van der Waals surface area contributed by atoms with E-state index in [-0.39, 0.29) is 11.7 Å². The Morgan fingerprint density at radius 2 is 2.05 bits per heavy atom. The molecular weight excluding hydrogens is 278 g/mol. The Hall–Kier alpha value is -0.940. The fourth-order valence-corrected chi connectivity index (χ4v) is 2.64. The summed E-state index contributed by atoms with van der Waals surface area (Å²) in [5.74, 6) is 0. The van der Waals surface area contributed by atoms with E-state index in [1.165, 1.54) is 5.56 Å². The topological polar surface area (TPSA) is 41.9 Å². The Labute approximate surface area is 134 Å². The van der Waals surface area contributed by atoms with E-state index in [0.717, 1.165) is 26.1 Å². The highest BCUT2D eigenvalue weighted by Crippen LogP contribution is 2.13. The molecule has 1 aromatic carbocycles. The predicted molar refractivity (Wildman–Crippen MR) is 88.0 cm³/mol. The van der Waals surface area contributed by atoms with Crippen molar-refractivity contribution in [2.24, 2.45) is 0 Å². The van der Waals surface area contributed by atoms with E-state index in [1.54, 1.807) is 0 Å². The summed E-state index contributed by atoms with van der Waals surface area (Å²) in [6, 6.07) is 10.4. The third kappa shape index (κ3) is 6.44. The normalized spacial score (nSPS) is 21.7. The van der Waals surface area contributed by atoms with Crippen LogP contribution in [-0.2, 0) is 15.9 Å². The van der Waals surface area contributed by atoms with Crippen LogP contribution in [0.2, 0.25) is 0 Å². The largest absolute Gasteiger partial charge is 0.389 e. The van der Waals surface area contributed by atoms with E-state index >= 15 is 0 Å². The molecule has 1 fully saturated rings. The van der Waals surface area contributed by atoms with Gasteiger partial charge in [-0.3, -0.25) is 4.90 Å². The summed E-state index contributed by atoms with van der Waals surface area (Å²) in [4.78, 5) is 2.27. The molecule has 0 bridgehead atoms. The van der Waals surface area contributed by atoms with Crippen LogP contribution >= 0.6 is 0 Å². The third-order valence-electron chi connectivity index (χ3n) is 3.71. The van der Waals surface area contributed by atoms with Crippen LogP contribution in [0.25, 0.3) is 0 Å². The van der Waals surface area contributed by atoms with Crippen LogP contribution in [0, 0.1) is 0 Å². The van der Waals surface area contributed by atoms with Crippen molar-refractivity contribution in [3.8, 4) is 0 Å². The Balaban J connectivity index is 1.75. The van der Waals surface area contributed by atoms with Gasteiger partial charge in [-0.05, 0) is 32.8 Å². The SMILES string of the molecule is CC(C)(C)OCC(O)CN1CCOC(Cc2ccccc2)C1. The molecular formula is C18H29NO3. The molecule has 0 saturated carbocycles. The summed E-state index contributed by atoms with van der Waals surface area (Å²) in [5, 5.41) is 10.1. The first-order chi connectivity index (χ1) is 10.4. The van der Waals surface area contributed by atoms with Gasteiger partial charge in [0, 0.05) is 19.6 Å². The van der Waals surface area contributed by atoms with E-state index in [4.69, 9.17) is 9.47 Å². The molecule has 22 heavy (non-hydrogen) atoms. The first kappa shape index (κ1) is 17.4. The van der Waals surface area contributed by atoms with Gasteiger partial charge in [-0.25, -0.2) is 0 Å². The van der Waals surface area contributed by atoms with Gasteiger partial charge in [-0.1, -0.05) is 30.3 Å². The molecule has 1 aromatic rings. The highest BCUT2D eigenvalue weighted by atomic mass is 16.5. The van der Waals surface area contributed by atoms with Gasteiger partial charge in [0.2, 0.25) is 0 Å². The van der Waals surface area contributed by atoms with Crippen LogP contribution in [0.4, 0.5) is 0 Å². The Kier molecular flexibility index (Phi) is 6.38. The highest BCUT2D eigenvalue weighted by Gasteiger charge is 2.23. The van der Waals surface area contributed by atoms with Crippen molar-refractivity contribution in [3.05, 3.63) is 35.9 Å². The minimum absolute atomic E-state index is 0.201. The first-order valence-electron chi connectivity index (χ1n) is 8.12. The molecule has 0 aliphatic carbocycles. The van der Waals surface area contributed by atoms with Gasteiger partial charge in [0.05, 0.1) is 31.0 Å². The van der Waals surface area contributed by atoms with Gasteiger partial charge >= 0.3 is 0 Å². The lowest BCUT2D eigenvalue weighted by atomic mass is 10.1. The number of aliphatic hydroxyl groups excluding tert-OH is 1. The van der Waals surface area contributed by atoms with Crippen LogP contribution in [-0.4, -0.2) is 60.7 Å². The number of hydrogen-bond acceptors (Lipinski definition) is 4.